The quantitative estimate of drug-likeness (QED) is 0.528. The van der Waals surface area contributed by atoms with Gasteiger partial charge in [0.25, 0.3) is 0 Å². The van der Waals surface area contributed by atoms with Gasteiger partial charge in [-0.05, 0) is 18.2 Å². The SMILES string of the molecule is Cn1cc(-c2cccc(CS(=O)(=O)c3cccc(Cl)c3)c2F)c2c(N)ncnc21. The fourth-order valence-electron chi connectivity index (χ4n) is 3.29. The van der Waals surface area contributed by atoms with Crippen LogP contribution in [0, 0.1) is 5.82 Å². The molecule has 0 aliphatic rings. The highest BCUT2D eigenvalue weighted by molar-refractivity contribution is 7.90. The van der Waals surface area contributed by atoms with Crippen LogP contribution >= 0.6 is 11.6 Å². The first-order valence-electron chi connectivity index (χ1n) is 8.59. The Kier molecular flexibility index (Phi) is 4.76. The molecule has 4 rings (SSSR count). The molecule has 0 spiro atoms. The van der Waals surface area contributed by atoms with Gasteiger partial charge in [0.1, 0.15) is 23.6 Å². The molecule has 0 atom stereocenters. The van der Waals surface area contributed by atoms with E-state index in [0.29, 0.717) is 21.6 Å². The van der Waals surface area contributed by atoms with Crippen molar-refractivity contribution < 1.29 is 12.8 Å². The molecular formula is C20H16ClFN4O2S. The Morgan fingerprint density at radius 1 is 1.14 bits per heavy atom. The molecule has 6 nitrogen and oxygen atoms in total. The molecule has 2 heterocycles. The molecule has 0 bridgehead atoms. The predicted molar refractivity (Wildman–Crippen MR) is 111 cm³/mol. The minimum atomic E-state index is -3.78. The summed E-state index contributed by atoms with van der Waals surface area (Å²) in [5, 5.41) is 0.815. The zero-order valence-electron chi connectivity index (χ0n) is 15.3. The number of benzene rings is 2. The van der Waals surface area contributed by atoms with Crippen LogP contribution in [0.3, 0.4) is 0 Å². The summed E-state index contributed by atoms with van der Waals surface area (Å²) in [6.07, 6.45) is 3.04. The first-order chi connectivity index (χ1) is 13.8. The lowest BCUT2D eigenvalue weighted by molar-refractivity contribution is 0.588. The number of fused-ring (bicyclic) bond motifs is 1. The van der Waals surface area contributed by atoms with E-state index in [1.165, 1.54) is 24.5 Å². The summed E-state index contributed by atoms with van der Waals surface area (Å²) >= 11 is 5.90. The summed E-state index contributed by atoms with van der Waals surface area (Å²) in [6.45, 7) is 0. The first-order valence-corrected chi connectivity index (χ1v) is 10.6. The van der Waals surface area contributed by atoms with Gasteiger partial charge in [0, 0.05) is 35.0 Å². The van der Waals surface area contributed by atoms with Gasteiger partial charge in [0.15, 0.2) is 9.84 Å². The fourth-order valence-corrected chi connectivity index (χ4v) is 4.93. The van der Waals surface area contributed by atoms with Crippen molar-refractivity contribution in [2.75, 3.05) is 5.73 Å². The molecule has 0 unspecified atom stereocenters. The van der Waals surface area contributed by atoms with Crippen molar-refractivity contribution in [1.29, 1.82) is 0 Å². The maximum absolute atomic E-state index is 15.4. The largest absolute Gasteiger partial charge is 0.383 e. The lowest BCUT2D eigenvalue weighted by atomic mass is 10.0. The number of sulfone groups is 1. The van der Waals surface area contributed by atoms with Gasteiger partial charge in [-0.2, -0.15) is 0 Å². The molecule has 0 aliphatic heterocycles. The Bertz CT molecular complexity index is 1350. The van der Waals surface area contributed by atoms with E-state index in [0.717, 1.165) is 0 Å². The highest BCUT2D eigenvalue weighted by Crippen LogP contribution is 2.35. The number of anilines is 1. The average molecular weight is 431 g/mol. The summed E-state index contributed by atoms with van der Waals surface area (Å²) in [5.41, 5.74) is 7.33. The van der Waals surface area contributed by atoms with E-state index in [1.54, 1.807) is 42.1 Å². The summed E-state index contributed by atoms with van der Waals surface area (Å²) in [6, 6.07) is 10.5. The van der Waals surface area contributed by atoms with Crippen molar-refractivity contribution in [2.45, 2.75) is 10.6 Å². The Morgan fingerprint density at radius 2 is 1.90 bits per heavy atom. The molecule has 29 heavy (non-hydrogen) atoms. The van der Waals surface area contributed by atoms with Crippen LogP contribution in [0.25, 0.3) is 22.2 Å². The number of aryl methyl sites for hydroxylation is 1. The summed E-state index contributed by atoms with van der Waals surface area (Å²) in [5.74, 6) is -0.903. The number of hydrogen-bond acceptors (Lipinski definition) is 5. The van der Waals surface area contributed by atoms with Crippen LogP contribution in [0.2, 0.25) is 5.02 Å². The number of halogens is 2. The van der Waals surface area contributed by atoms with Gasteiger partial charge in [0.2, 0.25) is 0 Å². The second-order valence-corrected chi connectivity index (χ2v) is 9.03. The van der Waals surface area contributed by atoms with Gasteiger partial charge in [-0.1, -0.05) is 35.9 Å². The number of nitrogens with two attached hydrogens (primary N) is 1. The van der Waals surface area contributed by atoms with Gasteiger partial charge in [-0.25, -0.2) is 22.8 Å². The number of hydrogen-bond donors (Lipinski definition) is 1. The molecule has 9 heteroatoms. The Balaban J connectivity index is 1.82. The molecule has 0 amide bonds. The van der Waals surface area contributed by atoms with E-state index in [2.05, 4.69) is 9.97 Å². The third-order valence-corrected chi connectivity index (χ3v) is 6.55. The zero-order valence-corrected chi connectivity index (χ0v) is 16.9. The molecule has 4 aromatic rings. The van der Waals surface area contributed by atoms with Crippen LogP contribution < -0.4 is 5.73 Å². The van der Waals surface area contributed by atoms with Crippen LogP contribution in [-0.2, 0) is 22.6 Å². The van der Waals surface area contributed by atoms with E-state index in [4.69, 9.17) is 17.3 Å². The molecule has 0 fully saturated rings. The van der Waals surface area contributed by atoms with Crippen LogP contribution in [0.5, 0.6) is 0 Å². The molecule has 0 saturated carbocycles. The Hall–Kier alpha value is -2.97. The van der Waals surface area contributed by atoms with Crippen LogP contribution in [0.1, 0.15) is 5.56 Å². The monoisotopic (exact) mass is 430 g/mol. The van der Waals surface area contributed by atoms with Crippen molar-refractivity contribution in [1.82, 2.24) is 14.5 Å². The third kappa shape index (κ3) is 3.45. The molecular weight excluding hydrogens is 415 g/mol. The summed E-state index contributed by atoms with van der Waals surface area (Å²) in [7, 11) is -2.01. The van der Waals surface area contributed by atoms with E-state index >= 15 is 4.39 Å². The van der Waals surface area contributed by atoms with Crippen molar-refractivity contribution >= 4 is 38.3 Å². The standard InChI is InChI=1S/C20H16ClFN4O2S/c1-26-9-16(17-19(23)24-11-25-20(17)26)15-7-2-4-12(18(15)22)10-29(27,28)14-6-3-5-13(21)8-14/h2-9,11H,10H2,1H3,(H2,23,24,25). The lowest BCUT2D eigenvalue weighted by Gasteiger charge is -2.10. The third-order valence-electron chi connectivity index (χ3n) is 4.65. The second kappa shape index (κ2) is 7.13. The molecule has 2 aromatic heterocycles. The summed E-state index contributed by atoms with van der Waals surface area (Å²) in [4.78, 5) is 8.22. The van der Waals surface area contributed by atoms with Crippen LogP contribution in [0.15, 0.2) is 59.9 Å². The Labute approximate surface area is 171 Å². The Morgan fingerprint density at radius 3 is 2.66 bits per heavy atom. The lowest BCUT2D eigenvalue weighted by Crippen LogP contribution is -2.07. The van der Waals surface area contributed by atoms with E-state index in [-0.39, 0.29) is 21.8 Å². The molecule has 0 saturated heterocycles. The number of nitrogens with zero attached hydrogens (tertiary/aromatic N) is 3. The first kappa shape index (κ1) is 19.4. The van der Waals surface area contributed by atoms with Gasteiger partial charge < -0.3 is 10.3 Å². The van der Waals surface area contributed by atoms with Gasteiger partial charge in [-0.15, -0.1) is 0 Å². The number of nitrogen functional groups attached to an aromatic ring is 1. The second-order valence-electron chi connectivity index (χ2n) is 6.61. The fraction of sp³-hybridized carbons (Fsp3) is 0.100. The van der Waals surface area contributed by atoms with Gasteiger partial charge in [0.05, 0.1) is 16.0 Å². The van der Waals surface area contributed by atoms with Crippen molar-refractivity contribution in [3.8, 4) is 11.1 Å². The average Bonchev–Trinajstić information content (AvgIpc) is 3.01. The minimum Gasteiger partial charge on any atom is -0.383 e. The summed E-state index contributed by atoms with van der Waals surface area (Å²) < 4.78 is 42.6. The smallest absolute Gasteiger partial charge is 0.182 e. The highest BCUT2D eigenvalue weighted by atomic mass is 35.5. The van der Waals surface area contributed by atoms with E-state index in [1.807, 2.05) is 0 Å². The normalized spacial score (nSPS) is 11.8. The van der Waals surface area contributed by atoms with Crippen molar-refractivity contribution in [3.05, 3.63) is 71.4 Å². The maximum atomic E-state index is 15.4. The highest BCUT2D eigenvalue weighted by Gasteiger charge is 2.22. The van der Waals surface area contributed by atoms with Crippen molar-refractivity contribution in [2.24, 2.45) is 7.05 Å². The predicted octanol–water partition coefficient (Wildman–Crippen LogP) is 3.98. The van der Waals surface area contributed by atoms with Gasteiger partial charge >= 0.3 is 0 Å². The van der Waals surface area contributed by atoms with Crippen LogP contribution in [-0.4, -0.2) is 23.0 Å². The van der Waals surface area contributed by atoms with E-state index in [9.17, 15) is 8.42 Å². The van der Waals surface area contributed by atoms with E-state index < -0.39 is 21.4 Å². The minimum absolute atomic E-state index is 0.0395. The topological polar surface area (TPSA) is 90.9 Å². The van der Waals surface area contributed by atoms with Gasteiger partial charge in [-0.3, -0.25) is 0 Å². The molecule has 148 valence electrons. The van der Waals surface area contributed by atoms with Crippen molar-refractivity contribution in [3.63, 3.8) is 0 Å². The molecule has 0 aliphatic carbocycles. The van der Waals surface area contributed by atoms with Crippen LogP contribution in [0.4, 0.5) is 10.2 Å². The zero-order chi connectivity index (χ0) is 20.8. The number of rotatable bonds is 4. The number of aromatic nitrogens is 3. The molecule has 2 aromatic carbocycles. The molecule has 0 radical (unpaired) electrons. The maximum Gasteiger partial charge on any atom is 0.182 e. The molecule has 2 N–H and O–H groups in total.